The highest BCUT2D eigenvalue weighted by atomic mass is 79.9. The molecular formula is C13H14BrNO3. The lowest BCUT2D eigenvalue weighted by molar-refractivity contribution is -0.139. The van der Waals surface area contributed by atoms with Gasteiger partial charge in [0.25, 0.3) is 5.91 Å². The van der Waals surface area contributed by atoms with Crippen LogP contribution in [0.4, 0.5) is 0 Å². The molecule has 0 saturated heterocycles. The van der Waals surface area contributed by atoms with Crippen molar-refractivity contribution in [3.63, 3.8) is 0 Å². The molecule has 1 rings (SSSR count). The first-order chi connectivity index (χ1) is 8.54. The summed E-state index contributed by atoms with van der Waals surface area (Å²) in [5.74, 6) is -1.44. The Labute approximate surface area is 114 Å². The van der Waals surface area contributed by atoms with Crippen LogP contribution in [0.5, 0.6) is 0 Å². The first kappa shape index (κ1) is 14.4. The fraction of sp³-hybridized carbons (Fsp3) is 0.231. The summed E-state index contributed by atoms with van der Waals surface area (Å²) < 4.78 is 0.771. The highest BCUT2D eigenvalue weighted by Crippen LogP contribution is 2.12. The quantitative estimate of drug-likeness (QED) is 0.794. The number of carboxylic acids is 1. The van der Waals surface area contributed by atoms with Crippen molar-refractivity contribution in [2.24, 2.45) is 0 Å². The van der Waals surface area contributed by atoms with E-state index in [-0.39, 0.29) is 0 Å². The van der Waals surface area contributed by atoms with E-state index in [1.807, 2.05) is 0 Å². The van der Waals surface area contributed by atoms with Crippen molar-refractivity contribution in [3.8, 4) is 0 Å². The Bertz CT molecular complexity index is 459. The number of amides is 1. The molecule has 0 radical (unpaired) electrons. The van der Waals surface area contributed by atoms with E-state index in [4.69, 9.17) is 5.11 Å². The number of allylic oxidation sites excluding steroid dienone is 1. The van der Waals surface area contributed by atoms with E-state index in [0.29, 0.717) is 18.4 Å². The van der Waals surface area contributed by atoms with Crippen LogP contribution >= 0.6 is 15.9 Å². The first-order valence-electron chi connectivity index (χ1n) is 5.44. The highest BCUT2D eigenvalue weighted by Gasteiger charge is 2.19. The molecule has 4 nitrogen and oxygen atoms in total. The maximum absolute atomic E-state index is 11.9. The summed E-state index contributed by atoms with van der Waals surface area (Å²) in [4.78, 5) is 22.8. The minimum atomic E-state index is -1.04. The Hall–Kier alpha value is -1.62. The zero-order valence-corrected chi connectivity index (χ0v) is 11.3. The average Bonchev–Trinajstić information content (AvgIpc) is 2.33. The van der Waals surface area contributed by atoms with E-state index in [0.717, 1.165) is 4.47 Å². The molecule has 0 bridgehead atoms. The number of carbonyl (C=O) groups excluding carboxylic acids is 1. The molecule has 1 aromatic rings. The lowest BCUT2D eigenvalue weighted by Crippen LogP contribution is -2.40. The Morgan fingerprint density at radius 1 is 1.50 bits per heavy atom. The van der Waals surface area contributed by atoms with Gasteiger partial charge in [-0.2, -0.15) is 0 Å². The van der Waals surface area contributed by atoms with Gasteiger partial charge < -0.3 is 10.4 Å². The molecule has 18 heavy (non-hydrogen) atoms. The second-order valence-electron chi connectivity index (χ2n) is 3.74. The Balaban J connectivity index is 2.72. The number of carboxylic acid groups (broad SMARTS) is 1. The second kappa shape index (κ2) is 6.96. The summed E-state index contributed by atoms with van der Waals surface area (Å²) in [6.07, 6.45) is 2.50. The predicted octanol–water partition coefficient (Wildman–Crippen LogP) is 2.60. The van der Waals surface area contributed by atoms with Crippen molar-refractivity contribution in [1.29, 1.82) is 0 Å². The lowest BCUT2D eigenvalue weighted by Gasteiger charge is -2.13. The van der Waals surface area contributed by atoms with Crippen LogP contribution in [0.15, 0.2) is 41.4 Å². The van der Waals surface area contributed by atoms with Gasteiger partial charge in [0, 0.05) is 10.0 Å². The van der Waals surface area contributed by atoms with E-state index in [1.54, 1.807) is 30.3 Å². The molecule has 0 saturated carbocycles. The third-order valence-corrected chi connectivity index (χ3v) is 2.84. The largest absolute Gasteiger partial charge is 0.480 e. The number of hydrogen-bond donors (Lipinski definition) is 2. The lowest BCUT2D eigenvalue weighted by atomic mass is 10.1. The summed E-state index contributed by atoms with van der Waals surface area (Å²) in [5.41, 5.74) is 0.425. The molecule has 1 aromatic carbocycles. The molecule has 2 N–H and O–H groups in total. The summed E-state index contributed by atoms with van der Waals surface area (Å²) in [6.45, 7) is 3.53. The van der Waals surface area contributed by atoms with Crippen LogP contribution in [0.1, 0.15) is 23.2 Å². The maximum atomic E-state index is 11.9. The van der Waals surface area contributed by atoms with Crippen molar-refractivity contribution in [2.45, 2.75) is 18.9 Å². The van der Waals surface area contributed by atoms with Gasteiger partial charge in [-0.15, -0.1) is 6.58 Å². The summed E-state index contributed by atoms with van der Waals surface area (Å²) >= 11 is 3.26. The van der Waals surface area contributed by atoms with E-state index in [1.165, 1.54) is 0 Å². The number of hydrogen-bond acceptors (Lipinski definition) is 2. The summed E-state index contributed by atoms with van der Waals surface area (Å²) in [5, 5.41) is 11.5. The van der Waals surface area contributed by atoms with Crippen molar-refractivity contribution in [1.82, 2.24) is 5.32 Å². The Morgan fingerprint density at radius 3 is 2.78 bits per heavy atom. The van der Waals surface area contributed by atoms with Gasteiger partial charge in [0.1, 0.15) is 6.04 Å². The standard InChI is InChI=1S/C13H14BrNO3/c1-2-3-7-11(13(17)18)15-12(16)9-5-4-6-10(14)8-9/h2,4-6,8,11H,1,3,7H2,(H,15,16)(H,17,18)/t11-/m1/s1. The molecule has 0 aliphatic rings. The summed E-state index contributed by atoms with van der Waals surface area (Å²) in [7, 11) is 0. The molecule has 0 unspecified atom stereocenters. The van der Waals surface area contributed by atoms with Crippen LogP contribution in [-0.2, 0) is 4.79 Å². The first-order valence-corrected chi connectivity index (χ1v) is 6.24. The molecule has 0 heterocycles. The van der Waals surface area contributed by atoms with Gasteiger partial charge in [0.05, 0.1) is 0 Å². The normalized spacial score (nSPS) is 11.6. The molecule has 5 heteroatoms. The molecule has 0 aliphatic heterocycles. The van der Waals surface area contributed by atoms with Gasteiger partial charge in [-0.3, -0.25) is 4.79 Å². The van der Waals surface area contributed by atoms with Gasteiger partial charge >= 0.3 is 5.97 Å². The van der Waals surface area contributed by atoms with E-state index in [9.17, 15) is 9.59 Å². The fourth-order valence-corrected chi connectivity index (χ4v) is 1.81. The average molecular weight is 312 g/mol. The highest BCUT2D eigenvalue weighted by molar-refractivity contribution is 9.10. The van der Waals surface area contributed by atoms with Crippen LogP contribution in [0.3, 0.4) is 0 Å². The molecule has 96 valence electrons. The van der Waals surface area contributed by atoms with Gasteiger partial charge in [0.2, 0.25) is 0 Å². The molecule has 0 fully saturated rings. The number of rotatable bonds is 6. The number of nitrogens with one attached hydrogen (secondary N) is 1. The Morgan fingerprint density at radius 2 is 2.22 bits per heavy atom. The van der Waals surface area contributed by atoms with Gasteiger partial charge in [-0.1, -0.05) is 28.1 Å². The predicted molar refractivity (Wildman–Crippen MR) is 72.5 cm³/mol. The molecular weight excluding hydrogens is 298 g/mol. The SMILES string of the molecule is C=CCC[C@@H](NC(=O)c1cccc(Br)c1)C(=O)O. The molecule has 0 spiro atoms. The summed E-state index contributed by atoms with van der Waals surface area (Å²) in [6, 6.07) is 5.89. The van der Waals surface area contributed by atoms with Crippen LogP contribution in [0.25, 0.3) is 0 Å². The third-order valence-electron chi connectivity index (χ3n) is 2.35. The monoisotopic (exact) mass is 311 g/mol. The topological polar surface area (TPSA) is 66.4 Å². The van der Waals surface area contributed by atoms with E-state index < -0.39 is 17.9 Å². The number of halogens is 1. The third kappa shape index (κ3) is 4.33. The van der Waals surface area contributed by atoms with Crippen molar-refractivity contribution < 1.29 is 14.7 Å². The fourth-order valence-electron chi connectivity index (χ4n) is 1.41. The zero-order valence-electron chi connectivity index (χ0n) is 9.73. The van der Waals surface area contributed by atoms with Crippen molar-refractivity contribution in [3.05, 3.63) is 47.0 Å². The van der Waals surface area contributed by atoms with Crippen molar-refractivity contribution >= 4 is 27.8 Å². The van der Waals surface area contributed by atoms with Crippen LogP contribution in [0.2, 0.25) is 0 Å². The maximum Gasteiger partial charge on any atom is 0.326 e. The Kier molecular flexibility index (Phi) is 5.58. The smallest absolute Gasteiger partial charge is 0.326 e. The van der Waals surface area contributed by atoms with Gasteiger partial charge in [-0.25, -0.2) is 4.79 Å². The van der Waals surface area contributed by atoms with Gasteiger partial charge in [0.15, 0.2) is 0 Å². The van der Waals surface area contributed by atoms with E-state index >= 15 is 0 Å². The number of aliphatic carboxylic acids is 1. The van der Waals surface area contributed by atoms with Crippen LogP contribution in [0, 0.1) is 0 Å². The number of benzene rings is 1. The zero-order chi connectivity index (χ0) is 13.5. The minimum Gasteiger partial charge on any atom is -0.480 e. The molecule has 0 aliphatic carbocycles. The van der Waals surface area contributed by atoms with Crippen LogP contribution in [-0.4, -0.2) is 23.0 Å². The molecule has 1 atom stereocenters. The molecule has 1 amide bonds. The van der Waals surface area contributed by atoms with Crippen molar-refractivity contribution in [2.75, 3.05) is 0 Å². The van der Waals surface area contributed by atoms with Gasteiger partial charge in [-0.05, 0) is 31.0 Å². The minimum absolute atomic E-state index is 0.332. The number of carbonyl (C=O) groups is 2. The second-order valence-corrected chi connectivity index (χ2v) is 4.66. The van der Waals surface area contributed by atoms with Crippen LogP contribution < -0.4 is 5.32 Å². The molecule has 0 aromatic heterocycles. The van der Waals surface area contributed by atoms with E-state index in [2.05, 4.69) is 27.8 Å².